The molecule has 5 nitrogen and oxygen atoms in total. The van der Waals surface area contributed by atoms with Crippen molar-refractivity contribution in [3.05, 3.63) is 39.9 Å². The Bertz CT molecular complexity index is 367. The summed E-state index contributed by atoms with van der Waals surface area (Å²) >= 11 is 5.07. The summed E-state index contributed by atoms with van der Waals surface area (Å²) < 4.78 is 0. The van der Waals surface area contributed by atoms with E-state index in [1.54, 1.807) is 19.1 Å². The third-order valence-electron chi connectivity index (χ3n) is 1.58. The summed E-state index contributed by atoms with van der Waals surface area (Å²) in [6, 6.07) is 6.32. The van der Waals surface area contributed by atoms with Crippen molar-refractivity contribution in [3.63, 3.8) is 0 Å². The van der Waals surface area contributed by atoms with Gasteiger partial charge in [0.05, 0.1) is 0 Å². The topological polar surface area (TPSA) is 63.5 Å². The van der Waals surface area contributed by atoms with Gasteiger partial charge in [0.15, 0.2) is 5.03 Å². The van der Waals surface area contributed by atoms with Crippen molar-refractivity contribution in [1.29, 1.82) is 0 Å². The molecule has 0 aromatic heterocycles. The molecule has 0 spiro atoms. The van der Waals surface area contributed by atoms with Crippen molar-refractivity contribution < 1.29 is 9.83 Å². The van der Waals surface area contributed by atoms with E-state index < -0.39 is 10.4 Å². The van der Waals surface area contributed by atoms with E-state index in [-0.39, 0.29) is 10.7 Å². The number of rotatable bonds is 2. The molecule has 0 aliphatic carbocycles. The number of benzene rings is 1. The van der Waals surface area contributed by atoms with Crippen LogP contribution in [0.2, 0.25) is 0 Å². The molecule has 6 heteroatoms. The molecule has 0 bridgehead atoms. The van der Waals surface area contributed by atoms with Crippen molar-refractivity contribution in [2.24, 2.45) is 0 Å². The number of hydrazine groups is 1. The third kappa shape index (κ3) is 2.20. The van der Waals surface area contributed by atoms with Gasteiger partial charge in [-0.05, 0) is 41.2 Å². The normalized spacial score (nSPS) is 9.57. The summed E-state index contributed by atoms with van der Waals surface area (Å²) in [5.74, 6) is 0. The van der Waals surface area contributed by atoms with Gasteiger partial charge in [-0.3, -0.25) is 0 Å². The molecule has 0 heterocycles. The van der Waals surface area contributed by atoms with Gasteiger partial charge in [-0.15, -0.1) is 0 Å². The fraction of sp³-hybridized carbons (Fsp3) is 0.125. The van der Waals surface area contributed by atoms with Crippen LogP contribution >= 0.6 is 11.6 Å². The van der Waals surface area contributed by atoms with E-state index in [2.05, 4.69) is 0 Å². The first-order valence-corrected chi connectivity index (χ1v) is 4.10. The van der Waals surface area contributed by atoms with Gasteiger partial charge in [0.25, 0.3) is 0 Å². The number of carbonyl (C=O) groups excluding carboxylic acids is 1. The van der Waals surface area contributed by atoms with Gasteiger partial charge in [-0.1, -0.05) is 12.1 Å². The maximum Gasteiger partial charge on any atom is 0.380 e. The van der Waals surface area contributed by atoms with Crippen LogP contribution in [0.25, 0.3) is 0 Å². The highest BCUT2D eigenvalue weighted by atomic mass is 35.5. The molecule has 0 radical (unpaired) electrons. The zero-order valence-corrected chi connectivity index (χ0v) is 8.06. The van der Waals surface area contributed by atoms with Crippen LogP contribution in [-0.2, 0) is 0 Å². The second-order valence-electron chi connectivity index (χ2n) is 2.64. The zero-order chi connectivity index (χ0) is 10.7. The number of aryl methyl sites for hydroxylation is 1. The predicted octanol–water partition coefficient (Wildman–Crippen LogP) is 2.35. The lowest BCUT2D eigenvalue weighted by Crippen LogP contribution is -2.31. The van der Waals surface area contributed by atoms with E-state index in [9.17, 15) is 14.9 Å². The molecular weight excluding hydrogens is 208 g/mol. The van der Waals surface area contributed by atoms with Crippen molar-refractivity contribution in [1.82, 2.24) is 0 Å². The van der Waals surface area contributed by atoms with Crippen LogP contribution in [0.4, 0.5) is 10.5 Å². The molecule has 0 fully saturated rings. The molecule has 1 rings (SSSR count). The number of hydrogen-bond acceptors (Lipinski definition) is 3. The number of carbonyl (C=O) groups is 1. The highest BCUT2D eigenvalue weighted by Crippen LogP contribution is 2.17. The minimum atomic E-state index is -1.14. The first-order valence-electron chi connectivity index (χ1n) is 3.73. The lowest BCUT2D eigenvalue weighted by atomic mass is 10.2. The van der Waals surface area contributed by atoms with E-state index in [1.807, 2.05) is 0 Å². The summed E-state index contributed by atoms with van der Waals surface area (Å²) in [4.78, 5) is 21.2. The van der Waals surface area contributed by atoms with Gasteiger partial charge in [-0.25, -0.2) is 14.9 Å². The lowest BCUT2D eigenvalue weighted by Gasteiger charge is -2.08. The number of hydrogen-bond donors (Lipinski definition) is 0. The molecule has 0 N–H and O–H groups in total. The first kappa shape index (κ1) is 10.5. The zero-order valence-electron chi connectivity index (χ0n) is 7.31. The predicted molar refractivity (Wildman–Crippen MR) is 51.9 cm³/mol. The molecule has 0 saturated heterocycles. The summed E-state index contributed by atoms with van der Waals surface area (Å²) in [5, 5.41) is 8.77. The highest BCUT2D eigenvalue weighted by Gasteiger charge is 2.24. The number of nitro groups is 1. The first-order chi connectivity index (χ1) is 6.52. The van der Waals surface area contributed by atoms with Crippen molar-refractivity contribution >= 4 is 22.7 Å². The van der Waals surface area contributed by atoms with Gasteiger partial charge < -0.3 is 0 Å². The lowest BCUT2D eigenvalue weighted by molar-refractivity contribution is -0.480. The Kier molecular flexibility index (Phi) is 3.03. The van der Waals surface area contributed by atoms with Crippen LogP contribution in [0, 0.1) is 17.0 Å². The van der Waals surface area contributed by atoms with Crippen LogP contribution < -0.4 is 5.01 Å². The van der Waals surface area contributed by atoms with Crippen LogP contribution in [0.3, 0.4) is 0 Å². The van der Waals surface area contributed by atoms with Crippen LogP contribution in [0.1, 0.15) is 5.56 Å². The Morgan fingerprint density at radius 1 is 1.57 bits per heavy atom. The van der Waals surface area contributed by atoms with Crippen molar-refractivity contribution in [2.45, 2.75) is 6.92 Å². The maximum absolute atomic E-state index is 10.7. The molecule has 0 unspecified atom stereocenters. The van der Waals surface area contributed by atoms with Gasteiger partial charge in [0, 0.05) is 0 Å². The Balaban J connectivity index is 3.12. The van der Waals surface area contributed by atoms with Gasteiger partial charge >= 0.3 is 5.37 Å². The SMILES string of the molecule is Cc1cccc(N(C(=O)Cl)[N+](=O)[O-])c1. The number of halogens is 1. The monoisotopic (exact) mass is 214 g/mol. The molecule has 0 aliphatic heterocycles. The quantitative estimate of drug-likeness (QED) is 0.329. The summed E-state index contributed by atoms with van der Waals surface area (Å²) in [7, 11) is 0. The third-order valence-corrected chi connectivity index (χ3v) is 1.74. The van der Waals surface area contributed by atoms with E-state index in [0.29, 0.717) is 0 Å². The summed E-state index contributed by atoms with van der Waals surface area (Å²) in [6.07, 6.45) is 0. The maximum atomic E-state index is 10.7. The van der Waals surface area contributed by atoms with Crippen LogP contribution in [-0.4, -0.2) is 10.4 Å². The van der Waals surface area contributed by atoms with Gasteiger partial charge in [0.2, 0.25) is 0 Å². The van der Waals surface area contributed by atoms with E-state index in [1.165, 1.54) is 12.1 Å². The minimum Gasteiger partial charge on any atom is -0.249 e. The molecule has 14 heavy (non-hydrogen) atoms. The number of nitrogens with zero attached hydrogens (tertiary/aromatic N) is 2. The fourth-order valence-electron chi connectivity index (χ4n) is 1.02. The van der Waals surface area contributed by atoms with Crippen LogP contribution in [0.5, 0.6) is 0 Å². The summed E-state index contributed by atoms with van der Waals surface area (Å²) in [5.41, 5.74) is 0.960. The Hall–Kier alpha value is -1.62. The molecule has 0 saturated carbocycles. The van der Waals surface area contributed by atoms with E-state index in [0.717, 1.165) is 5.56 Å². The number of anilines is 1. The average Bonchev–Trinajstić information content (AvgIpc) is 2.02. The molecule has 1 amide bonds. The molecular formula is C8H7ClN2O3. The molecule has 0 aliphatic rings. The Morgan fingerprint density at radius 3 is 2.64 bits per heavy atom. The van der Waals surface area contributed by atoms with E-state index >= 15 is 0 Å². The minimum absolute atomic E-state index is 0.148. The molecule has 0 atom stereocenters. The molecule has 74 valence electrons. The van der Waals surface area contributed by atoms with Crippen molar-refractivity contribution in [2.75, 3.05) is 5.01 Å². The second kappa shape index (κ2) is 4.06. The molecule has 1 aromatic carbocycles. The van der Waals surface area contributed by atoms with Crippen LogP contribution in [0.15, 0.2) is 24.3 Å². The Labute approximate surface area is 85.0 Å². The van der Waals surface area contributed by atoms with E-state index in [4.69, 9.17) is 11.6 Å². The highest BCUT2D eigenvalue weighted by molar-refractivity contribution is 6.65. The Morgan fingerprint density at radius 2 is 2.21 bits per heavy atom. The average molecular weight is 215 g/mol. The largest absolute Gasteiger partial charge is 0.380 e. The molecule has 1 aromatic rings. The smallest absolute Gasteiger partial charge is 0.249 e. The van der Waals surface area contributed by atoms with Gasteiger partial charge in [-0.2, -0.15) is 0 Å². The standard InChI is InChI=1S/C8H7ClN2O3/c1-6-3-2-4-7(5-6)10(8(9)12)11(13)14/h2-5H,1H3. The number of amides is 1. The summed E-state index contributed by atoms with van der Waals surface area (Å²) in [6.45, 7) is 1.76. The van der Waals surface area contributed by atoms with Gasteiger partial charge in [0.1, 0.15) is 5.69 Å². The van der Waals surface area contributed by atoms with Crippen molar-refractivity contribution in [3.8, 4) is 0 Å². The second-order valence-corrected chi connectivity index (χ2v) is 2.96. The fourth-order valence-corrected chi connectivity index (χ4v) is 1.18.